The molecule has 2 amide bonds. The summed E-state index contributed by atoms with van der Waals surface area (Å²) in [6.07, 6.45) is 0. The van der Waals surface area contributed by atoms with Crippen molar-refractivity contribution < 1.29 is 9.53 Å². The van der Waals surface area contributed by atoms with Gasteiger partial charge < -0.3 is 19.9 Å². The third-order valence-electron chi connectivity index (χ3n) is 4.47. The molecule has 130 valence electrons. The van der Waals surface area contributed by atoms with Gasteiger partial charge in [-0.2, -0.15) is 0 Å². The maximum Gasteiger partial charge on any atom is 0.315 e. The second-order valence-corrected chi connectivity index (χ2v) is 6.11. The van der Waals surface area contributed by atoms with E-state index in [9.17, 15) is 4.79 Å². The van der Waals surface area contributed by atoms with Crippen LogP contribution < -0.4 is 15.4 Å². The zero-order valence-electron chi connectivity index (χ0n) is 14.8. The lowest BCUT2D eigenvalue weighted by Gasteiger charge is -2.10. The molecule has 2 N–H and O–H groups in total. The maximum absolute atomic E-state index is 12.0. The van der Waals surface area contributed by atoms with Gasteiger partial charge in [-0.15, -0.1) is 0 Å². The topological polar surface area (TPSA) is 55.3 Å². The number of nitrogens with one attached hydrogen (secondary N) is 2. The summed E-state index contributed by atoms with van der Waals surface area (Å²) in [6, 6.07) is 16.0. The molecule has 2 aromatic carbocycles. The number of hydrogen-bond donors (Lipinski definition) is 2. The smallest absolute Gasteiger partial charge is 0.315 e. The Hall–Kier alpha value is -2.95. The van der Waals surface area contributed by atoms with Crippen molar-refractivity contribution in [1.82, 2.24) is 15.2 Å². The van der Waals surface area contributed by atoms with Crippen LogP contribution in [0.5, 0.6) is 5.75 Å². The normalized spacial score (nSPS) is 10.7. The average Bonchev–Trinajstić information content (AvgIpc) is 2.96. The molecular formula is C20H23N3O2. The SMILES string of the molecule is COc1ccc2cc(CNC(=O)NCc3ccc(C)n3C)ccc2c1. The molecule has 0 saturated carbocycles. The predicted octanol–water partition coefficient (Wildman–Crippen LogP) is 3.49. The number of hydrogen-bond acceptors (Lipinski definition) is 2. The molecule has 0 aliphatic rings. The standard InChI is InChI=1S/C20H23N3O2/c1-14-4-8-18(23(14)2)13-22-20(24)21-12-15-5-6-17-11-19(25-3)9-7-16(17)10-15/h4-11H,12-13H2,1-3H3,(H2,21,22,24). The molecule has 0 bridgehead atoms. The zero-order valence-corrected chi connectivity index (χ0v) is 14.8. The van der Waals surface area contributed by atoms with Gasteiger partial charge in [0, 0.05) is 25.0 Å². The molecule has 3 rings (SSSR count). The van der Waals surface area contributed by atoms with Gasteiger partial charge >= 0.3 is 6.03 Å². The van der Waals surface area contributed by atoms with Crippen LogP contribution in [0.1, 0.15) is 17.0 Å². The minimum Gasteiger partial charge on any atom is -0.497 e. The lowest BCUT2D eigenvalue weighted by atomic mass is 10.1. The molecule has 0 unspecified atom stereocenters. The number of fused-ring (bicyclic) bond motifs is 1. The first kappa shape index (κ1) is 16.9. The fourth-order valence-corrected chi connectivity index (χ4v) is 2.77. The first-order valence-corrected chi connectivity index (χ1v) is 8.26. The number of urea groups is 1. The van der Waals surface area contributed by atoms with E-state index < -0.39 is 0 Å². The van der Waals surface area contributed by atoms with Crippen LogP contribution in [0.4, 0.5) is 4.79 Å². The number of carbonyl (C=O) groups excluding carboxylic acids is 1. The van der Waals surface area contributed by atoms with E-state index in [0.29, 0.717) is 13.1 Å². The van der Waals surface area contributed by atoms with Crippen LogP contribution in [-0.2, 0) is 20.1 Å². The molecule has 0 atom stereocenters. The Morgan fingerprint density at radius 3 is 2.44 bits per heavy atom. The van der Waals surface area contributed by atoms with Gasteiger partial charge in [0.15, 0.2) is 0 Å². The van der Waals surface area contributed by atoms with Crippen LogP contribution >= 0.6 is 0 Å². The number of rotatable bonds is 5. The Morgan fingerprint density at radius 1 is 1.00 bits per heavy atom. The van der Waals surface area contributed by atoms with Crippen LogP contribution in [0.15, 0.2) is 48.5 Å². The van der Waals surface area contributed by atoms with E-state index in [0.717, 1.165) is 27.8 Å². The highest BCUT2D eigenvalue weighted by Crippen LogP contribution is 2.21. The van der Waals surface area contributed by atoms with Crippen LogP contribution in [0, 0.1) is 6.92 Å². The van der Waals surface area contributed by atoms with Gasteiger partial charge in [0.05, 0.1) is 13.7 Å². The lowest BCUT2D eigenvalue weighted by Crippen LogP contribution is -2.35. The number of amides is 2. The molecule has 0 saturated heterocycles. The third-order valence-corrected chi connectivity index (χ3v) is 4.47. The summed E-state index contributed by atoms with van der Waals surface area (Å²) in [7, 11) is 3.66. The molecule has 5 nitrogen and oxygen atoms in total. The highest BCUT2D eigenvalue weighted by molar-refractivity contribution is 5.84. The van der Waals surface area contributed by atoms with Crippen molar-refractivity contribution >= 4 is 16.8 Å². The highest BCUT2D eigenvalue weighted by Gasteiger charge is 2.05. The fourth-order valence-electron chi connectivity index (χ4n) is 2.77. The summed E-state index contributed by atoms with van der Waals surface area (Å²) in [5, 5.41) is 8.03. The molecule has 0 aliphatic carbocycles. The molecule has 0 spiro atoms. The van der Waals surface area contributed by atoms with Gasteiger partial charge in [0.2, 0.25) is 0 Å². The van der Waals surface area contributed by atoms with Crippen molar-refractivity contribution in [2.24, 2.45) is 7.05 Å². The van der Waals surface area contributed by atoms with Crippen molar-refractivity contribution in [3.63, 3.8) is 0 Å². The van der Waals surface area contributed by atoms with E-state index >= 15 is 0 Å². The minimum atomic E-state index is -0.173. The van der Waals surface area contributed by atoms with E-state index in [-0.39, 0.29) is 6.03 Å². The quantitative estimate of drug-likeness (QED) is 0.749. The summed E-state index contributed by atoms with van der Waals surface area (Å²) in [4.78, 5) is 12.0. The lowest BCUT2D eigenvalue weighted by molar-refractivity contribution is 0.240. The van der Waals surface area contributed by atoms with Gasteiger partial charge in [-0.25, -0.2) is 4.79 Å². The van der Waals surface area contributed by atoms with Crippen molar-refractivity contribution in [2.75, 3.05) is 7.11 Å². The van der Waals surface area contributed by atoms with Gasteiger partial charge in [0.25, 0.3) is 0 Å². The number of methoxy groups -OCH3 is 1. The van der Waals surface area contributed by atoms with Crippen molar-refractivity contribution in [3.8, 4) is 5.75 Å². The maximum atomic E-state index is 12.0. The van der Waals surface area contributed by atoms with Crippen LogP contribution in [0.3, 0.4) is 0 Å². The number of aromatic nitrogens is 1. The summed E-state index contributed by atoms with van der Waals surface area (Å²) in [6.45, 7) is 3.03. The molecule has 0 fully saturated rings. The molecule has 1 heterocycles. The number of aryl methyl sites for hydroxylation is 1. The minimum absolute atomic E-state index is 0.173. The Kier molecular flexibility index (Phi) is 4.93. The second kappa shape index (κ2) is 7.30. The molecule has 25 heavy (non-hydrogen) atoms. The van der Waals surface area contributed by atoms with Crippen molar-refractivity contribution in [3.05, 3.63) is 65.5 Å². The van der Waals surface area contributed by atoms with Crippen LogP contribution in [-0.4, -0.2) is 17.7 Å². The van der Waals surface area contributed by atoms with Crippen molar-refractivity contribution in [2.45, 2.75) is 20.0 Å². The highest BCUT2D eigenvalue weighted by atomic mass is 16.5. The van der Waals surface area contributed by atoms with Crippen LogP contribution in [0.25, 0.3) is 10.8 Å². The number of nitrogens with zero attached hydrogens (tertiary/aromatic N) is 1. The average molecular weight is 337 g/mol. The molecule has 0 aliphatic heterocycles. The third kappa shape index (κ3) is 3.94. The second-order valence-electron chi connectivity index (χ2n) is 6.11. The zero-order chi connectivity index (χ0) is 17.8. The summed E-state index contributed by atoms with van der Waals surface area (Å²) in [5.74, 6) is 0.841. The fraction of sp³-hybridized carbons (Fsp3) is 0.250. The number of ether oxygens (including phenoxy) is 1. The largest absolute Gasteiger partial charge is 0.497 e. The Balaban J connectivity index is 1.56. The predicted molar refractivity (Wildman–Crippen MR) is 99.7 cm³/mol. The van der Waals surface area contributed by atoms with Crippen molar-refractivity contribution in [1.29, 1.82) is 0 Å². The summed E-state index contributed by atoms with van der Waals surface area (Å²) >= 11 is 0. The van der Waals surface area contributed by atoms with Gasteiger partial charge in [0.1, 0.15) is 5.75 Å². The Labute approximate surface area is 147 Å². The van der Waals surface area contributed by atoms with Gasteiger partial charge in [-0.3, -0.25) is 0 Å². The molecular weight excluding hydrogens is 314 g/mol. The van der Waals surface area contributed by atoms with Gasteiger partial charge in [-0.05, 0) is 53.6 Å². The Morgan fingerprint density at radius 2 is 1.72 bits per heavy atom. The number of carbonyl (C=O) groups is 1. The van der Waals surface area contributed by atoms with E-state index in [1.807, 2.05) is 56.4 Å². The molecule has 5 heteroatoms. The summed E-state index contributed by atoms with van der Waals surface area (Å²) < 4.78 is 7.31. The first-order chi connectivity index (χ1) is 12.1. The molecule has 1 aromatic heterocycles. The number of benzene rings is 2. The monoisotopic (exact) mass is 337 g/mol. The molecule has 0 radical (unpaired) electrons. The van der Waals surface area contributed by atoms with Crippen LogP contribution in [0.2, 0.25) is 0 Å². The first-order valence-electron chi connectivity index (χ1n) is 8.26. The van der Waals surface area contributed by atoms with Gasteiger partial charge in [-0.1, -0.05) is 18.2 Å². The summed E-state index contributed by atoms with van der Waals surface area (Å²) in [5.41, 5.74) is 3.31. The van der Waals surface area contributed by atoms with E-state index in [4.69, 9.17) is 4.74 Å². The van der Waals surface area contributed by atoms with E-state index in [2.05, 4.69) is 21.3 Å². The van der Waals surface area contributed by atoms with E-state index in [1.54, 1.807) is 7.11 Å². The Bertz CT molecular complexity index is 899. The van der Waals surface area contributed by atoms with E-state index in [1.165, 1.54) is 5.69 Å². The molecule has 3 aromatic rings.